The Kier molecular flexibility index (Phi) is 9.84. The molecule has 2 aliphatic heterocycles. The fourth-order valence-electron chi connectivity index (χ4n) is 5.98. The maximum Gasteiger partial charge on any atom is 0.326 e. The van der Waals surface area contributed by atoms with Crippen LogP contribution in [0.25, 0.3) is 0 Å². The minimum Gasteiger partial charge on any atom is -0.480 e. The molecule has 9 heteroatoms. The third kappa shape index (κ3) is 7.87. The first-order chi connectivity index (χ1) is 20.9. The molecule has 2 heterocycles. The molecule has 1 saturated heterocycles. The predicted molar refractivity (Wildman–Crippen MR) is 162 cm³/mol. The van der Waals surface area contributed by atoms with Crippen molar-refractivity contribution in [1.82, 2.24) is 20.9 Å². The van der Waals surface area contributed by atoms with Crippen molar-refractivity contribution in [2.45, 2.75) is 69.2 Å². The first kappa shape index (κ1) is 30.0. The molecule has 4 N–H and O–H groups in total. The molecule has 0 aromatic heterocycles. The second kappa shape index (κ2) is 14.1. The zero-order chi connectivity index (χ0) is 30.2. The number of carbonyl (C=O) groups is 4. The lowest BCUT2D eigenvalue weighted by atomic mass is 9.92. The van der Waals surface area contributed by atoms with Gasteiger partial charge in [0.2, 0.25) is 17.7 Å². The summed E-state index contributed by atoms with van der Waals surface area (Å²) in [5, 5.41) is 18.8. The van der Waals surface area contributed by atoms with Crippen molar-refractivity contribution in [2.75, 3.05) is 6.54 Å². The van der Waals surface area contributed by atoms with Gasteiger partial charge >= 0.3 is 5.97 Å². The second-order valence-electron chi connectivity index (χ2n) is 11.4. The number of carbonyl (C=O) groups excluding carboxylic acids is 3. The lowest BCUT2D eigenvalue weighted by Crippen LogP contribution is -2.58. The quantitative estimate of drug-likeness (QED) is 0.275. The lowest BCUT2D eigenvalue weighted by Gasteiger charge is -2.38. The summed E-state index contributed by atoms with van der Waals surface area (Å²) >= 11 is 0. The van der Waals surface area contributed by atoms with E-state index < -0.39 is 30.0 Å². The van der Waals surface area contributed by atoms with Crippen LogP contribution in [0.1, 0.15) is 41.5 Å². The lowest BCUT2D eigenvalue weighted by molar-refractivity contribution is -0.143. The fraction of sp³-hybridized carbons (Fsp3) is 0.353. The molecule has 0 spiro atoms. The molecule has 43 heavy (non-hydrogen) atoms. The highest BCUT2D eigenvalue weighted by molar-refractivity contribution is 5.91. The fourth-order valence-corrected chi connectivity index (χ4v) is 5.98. The van der Waals surface area contributed by atoms with Crippen LogP contribution in [0.4, 0.5) is 0 Å². The summed E-state index contributed by atoms with van der Waals surface area (Å²) in [6, 6.07) is 23.7. The standard InChI is InChI=1S/C34H38N4O5/c39-31(37-29(34(42)43)19-24-12-5-2-6-13-24)21-27(18-23-10-3-1-4-11-23)36-32(40)30-20-25-14-7-8-15-26(25)22-38(30)33(41)28-16-9-17-35-28/h1-8,10-15,27-30,35H,9,16-22H2,(H,36,40)(H,37,39)(H,42,43)/t27-,28-,29-,30-/m0/s1. The molecule has 3 amide bonds. The molecule has 0 bridgehead atoms. The van der Waals surface area contributed by atoms with E-state index in [1.807, 2.05) is 84.9 Å². The average Bonchev–Trinajstić information content (AvgIpc) is 3.56. The number of fused-ring (bicyclic) bond motifs is 1. The first-order valence-corrected chi connectivity index (χ1v) is 14.9. The largest absolute Gasteiger partial charge is 0.480 e. The highest BCUT2D eigenvalue weighted by atomic mass is 16.4. The van der Waals surface area contributed by atoms with Crippen LogP contribution >= 0.6 is 0 Å². The SMILES string of the molecule is O=C(C[C@H](Cc1ccccc1)NC(=O)[C@@H]1Cc2ccccc2CN1C(=O)[C@@H]1CCCN1)N[C@@H](Cc1ccccc1)C(=O)O. The Labute approximate surface area is 251 Å². The Balaban J connectivity index is 1.33. The Morgan fingerprint density at radius 3 is 2.09 bits per heavy atom. The van der Waals surface area contributed by atoms with Gasteiger partial charge in [-0.2, -0.15) is 0 Å². The van der Waals surface area contributed by atoms with Gasteiger partial charge < -0.3 is 26.0 Å². The smallest absolute Gasteiger partial charge is 0.326 e. The number of nitrogens with one attached hydrogen (secondary N) is 3. The van der Waals surface area contributed by atoms with E-state index in [4.69, 9.17) is 0 Å². The Morgan fingerprint density at radius 1 is 0.837 bits per heavy atom. The van der Waals surface area contributed by atoms with Crippen molar-refractivity contribution in [2.24, 2.45) is 0 Å². The molecule has 0 radical (unpaired) electrons. The van der Waals surface area contributed by atoms with E-state index in [1.165, 1.54) is 0 Å². The van der Waals surface area contributed by atoms with E-state index in [9.17, 15) is 24.3 Å². The number of hydrogen-bond donors (Lipinski definition) is 4. The van der Waals surface area contributed by atoms with Gasteiger partial charge in [0.1, 0.15) is 12.1 Å². The molecule has 224 valence electrons. The van der Waals surface area contributed by atoms with Gasteiger partial charge in [0, 0.05) is 31.8 Å². The normalized spacial score (nSPS) is 19.1. The van der Waals surface area contributed by atoms with Gasteiger partial charge in [0.15, 0.2) is 0 Å². The molecule has 0 aliphatic carbocycles. The van der Waals surface area contributed by atoms with Crippen molar-refractivity contribution in [1.29, 1.82) is 0 Å². The van der Waals surface area contributed by atoms with Gasteiger partial charge in [-0.3, -0.25) is 14.4 Å². The third-order valence-corrected chi connectivity index (χ3v) is 8.21. The number of amides is 3. The van der Waals surface area contributed by atoms with Crippen LogP contribution in [0.3, 0.4) is 0 Å². The average molecular weight is 583 g/mol. The van der Waals surface area contributed by atoms with Gasteiger partial charge in [0.25, 0.3) is 0 Å². The first-order valence-electron chi connectivity index (χ1n) is 14.9. The number of carboxylic acids is 1. The van der Waals surface area contributed by atoms with Gasteiger partial charge in [-0.25, -0.2) is 4.79 Å². The molecule has 3 aromatic carbocycles. The molecular weight excluding hydrogens is 544 g/mol. The number of hydrogen-bond acceptors (Lipinski definition) is 5. The van der Waals surface area contributed by atoms with Crippen LogP contribution in [0, 0.1) is 0 Å². The molecule has 3 aromatic rings. The molecule has 1 fully saturated rings. The van der Waals surface area contributed by atoms with Gasteiger partial charge in [-0.05, 0) is 48.1 Å². The van der Waals surface area contributed by atoms with Crippen LogP contribution < -0.4 is 16.0 Å². The van der Waals surface area contributed by atoms with Crippen LogP contribution in [-0.2, 0) is 45.0 Å². The van der Waals surface area contributed by atoms with E-state index >= 15 is 0 Å². The molecule has 4 atom stereocenters. The predicted octanol–water partition coefficient (Wildman–Crippen LogP) is 2.62. The molecule has 9 nitrogen and oxygen atoms in total. The second-order valence-corrected chi connectivity index (χ2v) is 11.4. The topological polar surface area (TPSA) is 128 Å². The Bertz CT molecular complexity index is 1420. The Hall–Kier alpha value is -4.50. The summed E-state index contributed by atoms with van der Waals surface area (Å²) in [4.78, 5) is 54.4. The van der Waals surface area contributed by atoms with Crippen LogP contribution in [0.5, 0.6) is 0 Å². The number of carboxylic acid groups (broad SMARTS) is 1. The minimum absolute atomic E-state index is 0.0882. The van der Waals surface area contributed by atoms with E-state index in [1.54, 1.807) is 4.90 Å². The Morgan fingerprint density at radius 2 is 1.47 bits per heavy atom. The summed E-state index contributed by atoms with van der Waals surface area (Å²) in [6.45, 7) is 1.11. The zero-order valence-electron chi connectivity index (χ0n) is 24.1. The molecule has 0 saturated carbocycles. The van der Waals surface area contributed by atoms with Crippen molar-refractivity contribution in [3.8, 4) is 0 Å². The van der Waals surface area contributed by atoms with Crippen molar-refractivity contribution in [3.63, 3.8) is 0 Å². The van der Waals surface area contributed by atoms with Gasteiger partial charge in [-0.1, -0.05) is 84.9 Å². The summed E-state index contributed by atoms with van der Waals surface area (Å²) in [7, 11) is 0. The number of benzene rings is 3. The molecule has 2 aliphatic rings. The van der Waals surface area contributed by atoms with E-state index in [0.29, 0.717) is 19.4 Å². The highest BCUT2D eigenvalue weighted by Gasteiger charge is 2.39. The highest BCUT2D eigenvalue weighted by Crippen LogP contribution is 2.26. The summed E-state index contributed by atoms with van der Waals surface area (Å²) in [5.74, 6) is -2.01. The van der Waals surface area contributed by atoms with Crippen molar-refractivity contribution >= 4 is 23.7 Å². The molecule has 5 rings (SSSR count). The maximum absolute atomic E-state index is 13.9. The van der Waals surface area contributed by atoms with Crippen LogP contribution in [-0.4, -0.2) is 64.4 Å². The number of nitrogens with zero attached hydrogens (tertiary/aromatic N) is 1. The van der Waals surface area contributed by atoms with Gasteiger partial charge in [0.05, 0.1) is 6.04 Å². The van der Waals surface area contributed by atoms with Crippen LogP contribution in [0.15, 0.2) is 84.9 Å². The molecular formula is C34H38N4O5. The van der Waals surface area contributed by atoms with E-state index in [0.717, 1.165) is 41.6 Å². The summed E-state index contributed by atoms with van der Waals surface area (Å²) < 4.78 is 0. The third-order valence-electron chi connectivity index (χ3n) is 8.21. The summed E-state index contributed by atoms with van der Waals surface area (Å²) in [6.07, 6.45) is 2.43. The zero-order valence-corrected chi connectivity index (χ0v) is 24.1. The number of rotatable bonds is 11. The van der Waals surface area contributed by atoms with Gasteiger partial charge in [-0.15, -0.1) is 0 Å². The molecule has 0 unspecified atom stereocenters. The summed E-state index contributed by atoms with van der Waals surface area (Å²) in [5.41, 5.74) is 3.77. The maximum atomic E-state index is 13.9. The van der Waals surface area contributed by atoms with E-state index in [-0.39, 0.29) is 30.7 Å². The minimum atomic E-state index is -1.13. The van der Waals surface area contributed by atoms with E-state index in [2.05, 4.69) is 16.0 Å². The van der Waals surface area contributed by atoms with Crippen molar-refractivity contribution in [3.05, 3.63) is 107 Å². The number of aliphatic carboxylic acids is 1. The van der Waals surface area contributed by atoms with Crippen molar-refractivity contribution < 1.29 is 24.3 Å². The monoisotopic (exact) mass is 582 g/mol. The van der Waals surface area contributed by atoms with Crippen LogP contribution in [0.2, 0.25) is 0 Å².